The molecule has 2 aromatic rings. The number of aliphatic hydroxyl groups is 3. The zero-order valence-corrected chi connectivity index (χ0v) is 42.8. The predicted octanol–water partition coefficient (Wildman–Crippen LogP) is 5.07. The maximum Gasteiger partial charge on any atom is 0.314 e. The second-order valence-electron chi connectivity index (χ2n) is 19.9. The van der Waals surface area contributed by atoms with Crippen LogP contribution >= 0.6 is 0 Å². The van der Waals surface area contributed by atoms with Crippen molar-refractivity contribution in [3.8, 4) is 0 Å². The number of rotatable bonds is 15. The quantitative estimate of drug-likeness (QED) is 0.121. The number of fused-ring (bicyclic) bond motifs is 1. The number of aliphatic hydroxyl groups excluding tert-OH is 2. The van der Waals surface area contributed by atoms with Crippen molar-refractivity contribution in [1.29, 1.82) is 0 Å². The zero-order valence-electron chi connectivity index (χ0n) is 42.8. The summed E-state index contributed by atoms with van der Waals surface area (Å²) in [6.45, 7) is 11.2. The minimum absolute atomic E-state index is 0.0134. The first-order valence-electron chi connectivity index (χ1n) is 25.0. The van der Waals surface area contributed by atoms with Gasteiger partial charge in [0.25, 0.3) is 0 Å². The fraction of sp³-hybridized carbons (Fsp3) is 0.698. The molecule has 3 saturated heterocycles. The highest BCUT2D eigenvalue weighted by Crippen LogP contribution is 2.39. The van der Waals surface area contributed by atoms with Gasteiger partial charge >= 0.3 is 17.9 Å². The third-order valence-electron chi connectivity index (χ3n) is 14.0. The molecule has 5 rings (SSSR count). The molecule has 0 unspecified atom stereocenters. The number of hydrogen-bond acceptors (Lipinski definition) is 17. The first kappa shape index (κ1) is 57.0. The van der Waals surface area contributed by atoms with Crippen molar-refractivity contribution in [2.45, 2.75) is 172 Å². The molecule has 70 heavy (non-hydrogen) atoms. The summed E-state index contributed by atoms with van der Waals surface area (Å²) in [5, 5.41) is 37.6. The van der Waals surface area contributed by atoms with Gasteiger partial charge in [0, 0.05) is 39.3 Å². The molecule has 3 aliphatic rings. The highest BCUT2D eigenvalue weighted by atomic mass is 16.7. The van der Waals surface area contributed by atoms with Gasteiger partial charge in [0.15, 0.2) is 12.6 Å². The Kier molecular flexibility index (Phi) is 21.8. The summed E-state index contributed by atoms with van der Waals surface area (Å²) in [5.41, 5.74) is -0.542. The van der Waals surface area contributed by atoms with Gasteiger partial charge in [-0.1, -0.05) is 62.4 Å². The molecule has 3 aliphatic heterocycles. The largest absolute Gasteiger partial charge is 0.466 e. The number of ether oxygens (including phenoxy) is 8. The second-order valence-corrected chi connectivity index (χ2v) is 19.9. The number of benzene rings is 2. The van der Waals surface area contributed by atoms with Crippen LogP contribution in [0.25, 0.3) is 16.8 Å². The predicted molar refractivity (Wildman–Crippen MR) is 261 cm³/mol. The summed E-state index contributed by atoms with van der Waals surface area (Å²) < 4.78 is 49.6. The van der Waals surface area contributed by atoms with E-state index in [0.29, 0.717) is 32.4 Å². The van der Waals surface area contributed by atoms with Crippen molar-refractivity contribution in [2.24, 2.45) is 17.8 Å². The van der Waals surface area contributed by atoms with E-state index in [1.165, 1.54) is 14.0 Å². The molecule has 0 amide bonds. The third kappa shape index (κ3) is 15.3. The number of carbonyl (C=O) groups excluding carboxylic acids is 4. The van der Waals surface area contributed by atoms with Crippen LogP contribution in [0.5, 0.6) is 0 Å². The molecule has 3 N–H and O–H groups in total. The Morgan fingerprint density at radius 3 is 2.36 bits per heavy atom. The molecule has 3 fully saturated rings. The van der Waals surface area contributed by atoms with Crippen molar-refractivity contribution >= 4 is 41.0 Å². The molecule has 392 valence electrons. The molecule has 0 spiro atoms. The lowest BCUT2D eigenvalue weighted by Crippen LogP contribution is -2.65. The highest BCUT2D eigenvalue weighted by molar-refractivity contribution is 5.84. The Morgan fingerprint density at radius 1 is 0.971 bits per heavy atom. The van der Waals surface area contributed by atoms with Crippen molar-refractivity contribution in [2.75, 3.05) is 47.9 Å². The number of β-amino-alcohol motifs (C(OH)–C–C–N with tert-alkyl or cyclic N) is 1. The van der Waals surface area contributed by atoms with E-state index in [4.69, 9.17) is 37.9 Å². The normalized spacial score (nSPS) is 35.6. The van der Waals surface area contributed by atoms with Gasteiger partial charge in [-0.3, -0.25) is 14.4 Å². The summed E-state index contributed by atoms with van der Waals surface area (Å²) in [5.74, 6) is -3.85. The van der Waals surface area contributed by atoms with Crippen LogP contribution in [0.4, 0.5) is 0 Å². The standard InChI is InChI=1S/C53H80N2O15/c1-11-42(58)68-41-29-43(59)67-39(20-15-17-35-22-23-36-18-13-14-19-37(36)28-35)21-16-25-55(9)31-40(57)32(3)27-38(24-26-56)49(50(41)63-10)70-52-47(60)46(54(7)8)48(34(5)66-52)69-44-30-53(6,62)45(33(4)65-44)51(61)64-12-2/h13-15,17-19,22-23,26,28,32-34,38-41,44-50,52,57,60,62H,11-12,16,20-21,24-25,27,29-31H2,1-10H3/b17-15+/t32-,33+,34-,38+,39+,40+,41-,44+,45-,46-,47-,48-,49+,50+,52+,53-/m1/s1. The topological polar surface area (TPSA) is 209 Å². The van der Waals surface area contributed by atoms with Crippen LogP contribution in [0.1, 0.15) is 98.5 Å². The molecule has 3 heterocycles. The highest BCUT2D eigenvalue weighted by Gasteiger charge is 2.54. The van der Waals surface area contributed by atoms with Gasteiger partial charge in [-0.05, 0) is 109 Å². The number of hydrogen-bond donors (Lipinski definition) is 3. The van der Waals surface area contributed by atoms with Crippen molar-refractivity contribution < 1.29 is 72.4 Å². The van der Waals surface area contributed by atoms with Gasteiger partial charge < -0.3 is 67.8 Å². The van der Waals surface area contributed by atoms with E-state index in [9.17, 15) is 34.5 Å². The average Bonchev–Trinajstić information content (AvgIpc) is 3.29. The lowest BCUT2D eigenvalue weighted by molar-refractivity contribution is -0.340. The monoisotopic (exact) mass is 985 g/mol. The SMILES string of the molecule is CCOC(=O)[C@H]1[C@H](C)O[C@@H](O[C@H]2[C@H](N(C)C)[C@@H](O)[C@H](O[C@H]3[C@@H](CC=O)C[C@@H](C)[C@@H](O)CN(C)CCC[C@H](C/C=C/c4ccc5ccccc5c4)OC(=O)C[C@@H](OC(=O)CC)[C@@H]3OC)O[C@@H]2C)C[C@@]1(C)O. The van der Waals surface area contributed by atoms with Crippen LogP contribution in [-0.2, 0) is 57.1 Å². The van der Waals surface area contributed by atoms with Gasteiger partial charge in [0.1, 0.15) is 42.7 Å². The van der Waals surface area contributed by atoms with E-state index >= 15 is 0 Å². The Balaban J connectivity index is 1.45. The van der Waals surface area contributed by atoms with E-state index in [-0.39, 0.29) is 38.2 Å². The summed E-state index contributed by atoms with van der Waals surface area (Å²) in [6.07, 6.45) is -5.19. The molecule has 0 bridgehead atoms. The molecule has 16 atom stereocenters. The lowest BCUT2D eigenvalue weighted by Gasteiger charge is -2.50. The fourth-order valence-electron chi connectivity index (χ4n) is 10.4. The Morgan fingerprint density at radius 2 is 1.70 bits per heavy atom. The van der Waals surface area contributed by atoms with Crippen LogP contribution in [-0.4, -0.2) is 176 Å². The number of aldehydes is 1. The Bertz CT molecular complexity index is 2020. The van der Waals surface area contributed by atoms with Gasteiger partial charge in [0.05, 0.1) is 49.1 Å². The maximum atomic E-state index is 14.2. The molecular formula is C53H80N2O15. The maximum absolute atomic E-state index is 14.2. The smallest absolute Gasteiger partial charge is 0.314 e. The number of likely N-dealkylation sites (N-methyl/N-ethyl adjacent to an activating group) is 2. The molecule has 0 radical (unpaired) electrons. The van der Waals surface area contributed by atoms with Crippen LogP contribution in [0.15, 0.2) is 48.5 Å². The van der Waals surface area contributed by atoms with Crippen LogP contribution < -0.4 is 0 Å². The lowest BCUT2D eigenvalue weighted by atomic mass is 9.80. The van der Waals surface area contributed by atoms with Gasteiger partial charge in [-0.15, -0.1) is 0 Å². The molecular weight excluding hydrogens is 905 g/mol. The number of carbonyl (C=O) groups is 4. The van der Waals surface area contributed by atoms with Crippen LogP contribution in [0, 0.1) is 17.8 Å². The van der Waals surface area contributed by atoms with E-state index in [1.54, 1.807) is 46.7 Å². The molecule has 2 aromatic carbocycles. The number of cyclic esters (lactones) is 1. The molecule has 0 aliphatic carbocycles. The molecule has 17 nitrogen and oxygen atoms in total. The minimum Gasteiger partial charge on any atom is -0.466 e. The average molecular weight is 985 g/mol. The summed E-state index contributed by atoms with van der Waals surface area (Å²) in [4.78, 5) is 56.6. The van der Waals surface area contributed by atoms with Crippen molar-refractivity contribution in [1.82, 2.24) is 9.80 Å². The number of methoxy groups -OCH3 is 1. The Hall–Kier alpha value is -3.88. The van der Waals surface area contributed by atoms with Crippen molar-refractivity contribution in [3.63, 3.8) is 0 Å². The van der Waals surface area contributed by atoms with Crippen LogP contribution in [0.2, 0.25) is 0 Å². The van der Waals surface area contributed by atoms with E-state index in [0.717, 1.165) is 22.6 Å². The Labute approximate surface area is 414 Å². The molecule has 17 heteroatoms. The van der Waals surface area contributed by atoms with Gasteiger partial charge in [0.2, 0.25) is 0 Å². The summed E-state index contributed by atoms with van der Waals surface area (Å²) in [6, 6.07) is 13.5. The molecule has 0 aromatic heterocycles. The van der Waals surface area contributed by atoms with Gasteiger partial charge in [-0.2, -0.15) is 0 Å². The zero-order chi connectivity index (χ0) is 51.3. The second kappa shape index (κ2) is 26.7. The summed E-state index contributed by atoms with van der Waals surface area (Å²) in [7, 11) is 6.83. The van der Waals surface area contributed by atoms with Crippen molar-refractivity contribution in [3.05, 3.63) is 54.1 Å². The fourth-order valence-corrected chi connectivity index (χ4v) is 10.4. The van der Waals surface area contributed by atoms with E-state index in [1.807, 2.05) is 49.2 Å². The van der Waals surface area contributed by atoms with E-state index < -0.39 is 115 Å². The number of esters is 3. The molecule has 0 saturated carbocycles. The minimum atomic E-state index is -1.54. The van der Waals surface area contributed by atoms with E-state index in [2.05, 4.69) is 24.3 Å². The van der Waals surface area contributed by atoms with Gasteiger partial charge in [-0.25, -0.2) is 0 Å². The number of nitrogens with zero attached hydrogens (tertiary/aromatic N) is 2. The first-order chi connectivity index (χ1) is 33.3. The summed E-state index contributed by atoms with van der Waals surface area (Å²) >= 11 is 0. The van der Waals surface area contributed by atoms with Crippen LogP contribution in [0.3, 0.4) is 0 Å². The first-order valence-corrected chi connectivity index (χ1v) is 25.0. The third-order valence-corrected chi connectivity index (χ3v) is 14.0.